The summed E-state index contributed by atoms with van der Waals surface area (Å²) in [6.07, 6.45) is 1.98. The summed E-state index contributed by atoms with van der Waals surface area (Å²) in [6, 6.07) is 7.79. The summed E-state index contributed by atoms with van der Waals surface area (Å²) in [5.41, 5.74) is 6.58. The Morgan fingerprint density at radius 3 is 2.68 bits per heavy atom. The van der Waals surface area contributed by atoms with E-state index in [0.29, 0.717) is 0 Å². The number of nitrogen functional groups attached to an aromatic ring is 1. The van der Waals surface area contributed by atoms with E-state index in [9.17, 15) is 0 Å². The Balaban J connectivity index is 2.04. The molecule has 0 aliphatic heterocycles. The number of para-hydroxylation sites is 1. The van der Waals surface area contributed by atoms with Crippen LogP contribution in [0, 0.1) is 0 Å². The van der Waals surface area contributed by atoms with Gasteiger partial charge in [-0.15, -0.1) is 10.2 Å². The average molecular weight is 307 g/mol. The molecule has 0 radical (unpaired) electrons. The average Bonchev–Trinajstić information content (AvgIpc) is 2.86. The molecule has 19 heavy (non-hydrogen) atoms. The summed E-state index contributed by atoms with van der Waals surface area (Å²) in [7, 11) is 0. The van der Waals surface area contributed by atoms with Gasteiger partial charge in [-0.3, -0.25) is 0 Å². The summed E-state index contributed by atoms with van der Waals surface area (Å²) < 4.78 is 1.79. The van der Waals surface area contributed by atoms with Crippen LogP contribution in [-0.2, 0) is 0 Å². The van der Waals surface area contributed by atoms with Crippen molar-refractivity contribution in [3.8, 4) is 0 Å². The van der Waals surface area contributed by atoms with Gasteiger partial charge in [-0.2, -0.15) is 0 Å². The fourth-order valence-corrected chi connectivity index (χ4v) is 4.02. The third kappa shape index (κ3) is 2.65. The van der Waals surface area contributed by atoms with Crippen molar-refractivity contribution in [3.63, 3.8) is 0 Å². The maximum Gasteiger partial charge on any atom is 0.221 e. The minimum Gasteiger partial charge on any atom is -0.368 e. The van der Waals surface area contributed by atoms with Crippen LogP contribution in [0.3, 0.4) is 0 Å². The monoisotopic (exact) mass is 307 g/mol. The minimum atomic E-state index is 0.274. The van der Waals surface area contributed by atoms with E-state index in [4.69, 9.17) is 5.73 Å². The summed E-state index contributed by atoms with van der Waals surface area (Å²) in [5, 5.41) is 9.98. The van der Waals surface area contributed by atoms with Crippen molar-refractivity contribution >= 4 is 51.7 Å². The molecule has 0 unspecified atom stereocenters. The summed E-state index contributed by atoms with van der Waals surface area (Å²) in [5.74, 6) is 0.274. The number of aromatic nitrogens is 4. The predicted molar refractivity (Wildman–Crippen MR) is 79.8 cm³/mol. The van der Waals surface area contributed by atoms with Crippen LogP contribution >= 0.6 is 34.9 Å². The number of rotatable bonds is 3. The van der Waals surface area contributed by atoms with Crippen LogP contribution in [0.5, 0.6) is 0 Å². The van der Waals surface area contributed by atoms with E-state index in [0.717, 1.165) is 24.6 Å². The molecule has 2 heterocycles. The molecule has 0 saturated carbocycles. The first-order chi connectivity index (χ1) is 9.26. The third-order valence-electron chi connectivity index (χ3n) is 2.33. The lowest BCUT2D eigenvalue weighted by molar-refractivity contribution is 0.954. The van der Waals surface area contributed by atoms with Gasteiger partial charge in [-0.25, -0.2) is 9.97 Å². The Morgan fingerprint density at radius 1 is 1.11 bits per heavy atom. The van der Waals surface area contributed by atoms with Gasteiger partial charge in [0.05, 0.1) is 5.52 Å². The number of nitrogens with zero attached hydrogens (tertiary/aromatic N) is 4. The van der Waals surface area contributed by atoms with E-state index in [1.54, 1.807) is 23.1 Å². The van der Waals surface area contributed by atoms with E-state index >= 15 is 0 Å². The molecular weight excluding hydrogens is 298 g/mol. The van der Waals surface area contributed by atoms with Crippen molar-refractivity contribution in [2.75, 3.05) is 12.0 Å². The molecule has 0 bridgehead atoms. The Hall–Kier alpha value is -1.38. The van der Waals surface area contributed by atoms with Crippen molar-refractivity contribution in [2.24, 2.45) is 0 Å². The van der Waals surface area contributed by atoms with Gasteiger partial charge in [0.2, 0.25) is 5.95 Å². The first kappa shape index (κ1) is 12.6. The lowest BCUT2D eigenvalue weighted by Gasteiger charge is -2.03. The Labute approximate surface area is 122 Å². The molecule has 1 aromatic carbocycles. The summed E-state index contributed by atoms with van der Waals surface area (Å²) in [4.78, 5) is 8.51. The maximum atomic E-state index is 5.74. The number of benzene rings is 1. The van der Waals surface area contributed by atoms with Gasteiger partial charge in [-0.05, 0) is 24.1 Å². The van der Waals surface area contributed by atoms with Crippen LogP contribution in [0.15, 0.2) is 38.0 Å². The largest absolute Gasteiger partial charge is 0.368 e. The Kier molecular flexibility index (Phi) is 3.54. The third-order valence-corrected chi connectivity index (χ3v) is 5.29. The van der Waals surface area contributed by atoms with Gasteiger partial charge in [0.25, 0.3) is 0 Å². The Bertz CT molecular complexity index is 727. The van der Waals surface area contributed by atoms with Crippen LogP contribution in [-0.4, -0.2) is 26.4 Å². The van der Waals surface area contributed by atoms with Crippen molar-refractivity contribution in [2.45, 2.75) is 13.7 Å². The maximum absolute atomic E-state index is 5.74. The van der Waals surface area contributed by atoms with Gasteiger partial charge >= 0.3 is 0 Å². The highest BCUT2D eigenvalue weighted by atomic mass is 32.2. The number of fused-ring (bicyclic) bond motifs is 1. The molecule has 5 nitrogen and oxygen atoms in total. The highest BCUT2D eigenvalue weighted by molar-refractivity contribution is 8.03. The summed E-state index contributed by atoms with van der Waals surface area (Å²) >= 11 is 4.59. The van der Waals surface area contributed by atoms with E-state index in [2.05, 4.69) is 20.2 Å². The number of thioether (sulfide) groups is 1. The second-order valence-corrected chi connectivity index (χ2v) is 6.81. The van der Waals surface area contributed by atoms with Gasteiger partial charge in [0, 0.05) is 5.39 Å². The quantitative estimate of drug-likeness (QED) is 0.588. The van der Waals surface area contributed by atoms with Crippen LogP contribution in [0.25, 0.3) is 10.9 Å². The molecule has 96 valence electrons. The number of nitrogens with two attached hydrogens (primary N) is 1. The normalized spacial score (nSPS) is 11.0. The zero-order valence-corrected chi connectivity index (χ0v) is 12.3. The molecule has 0 aliphatic rings. The number of hydrogen-bond donors (Lipinski definition) is 1. The second-order valence-electron chi connectivity index (χ2n) is 3.54. The molecule has 0 saturated heterocycles. The zero-order valence-electron chi connectivity index (χ0n) is 9.90. The standard InChI is InChI=1S/C11H9N5S3/c1-17-10-15-16-11(19-10)18-8-6-4-2-3-5-7(6)13-9(12)14-8/h2-5H,1H3,(H2,12,13,14). The van der Waals surface area contributed by atoms with Crippen molar-refractivity contribution in [1.82, 2.24) is 20.2 Å². The Morgan fingerprint density at radius 2 is 1.89 bits per heavy atom. The van der Waals surface area contributed by atoms with E-state index in [1.165, 1.54) is 11.8 Å². The van der Waals surface area contributed by atoms with Gasteiger partial charge in [-0.1, -0.05) is 41.3 Å². The highest BCUT2D eigenvalue weighted by Gasteiger charge is 2.11. The molecule has 2 N–H and O–H groups in total. The summed E-state index contributed by atoms with van der Waals surface area (Å²) in [6.45, 7) is 0. The fraction of sp³-hybridized carbons (Fsp3) is 0.0909. The highest BCUT2D eigenvalue weighted by Crippen LogP contribution is 2.35. The van der Waals surface area contributed by atoms with Gasteiger partial charge in [0.15, 0.2) is 8.68 Å². The first-order valence-electron chi connectivity index (χ1n) is 5.34. The molecule has 0 spiro atoms. The van der Waals surface area contributed by atoms with Gasteiger partial charge in [0.1, 0.15) is 5.03 Å². The van der Waals surface area contributed by atoms with Crippen LogP contribution in [0.2, 0.25) is 0 Å². The topological polar surface area (TPSA) is 77.6 Å². The SMILES string of the molecule is CSc1nnc(Sc2nc(N)nc3ccccc23)s1. The van der Waals surface area contributed by atoms with Crippen molar-refractivity contribution in [1.29, 1.82) is 0 Å². The first-order valence-corrected chi connectivity index (χ1v) is 8.19. The van der Waals surface area contributed by atoms with Crippen molar-refractivity contribution < 1.29 is 0 Å². The molecule has 3 aromatic rings. The molecule has 0 aliphatic carbocycles. The van der Waals surface area contributed by atoms with E-state index in [-0.39, 0.29) is 5.95 Å². The second kappa shape index (κ2) is 5.32. The fourth-order valence-electron chi connectivity index (χ4n) is 1.55. The number of hydrogen-bond acceptors (Lipinski definition) is 8. The molecular formula is C11H9N5S3. The zero-order chi connectivity index (χ0) is 13.2. The minimum absolute atomic E-state index is 0.274. The van der Waals surface area contributed by atoms with Gasteiger partial charge < -0.3 is 5.73 Å². The van der Waals surface area contributed by atoms with Crippen LogP contribution in [0.4, 0.5) is 5.95 Å². The van der Waals surface area contributed by atoms with Crippen molar-refractivity contribution in [3.05, 3.63) is 24.3 Å². The number of anilines is 1. The molecule has 8 heteroatoms. The lowest BCUT2D eigenvalue weighted by Crippen LogP contribution is -1.96. The van der Waals surface area contributed by atoms with E-state index < -0.39 is 0 Å². The smallest absolute Gasteiger partial charge is 0.221 e. The molecule has 3 rings (SSSR count). The molecule has 0 amide bonds. The predicted octanol–water partition coefficient (Wildman–Crippen LogP) is 2.94. The van der Waals surface area contributed by atoms with E-state index in [1.807, 2.05) is 30.5 Å². The molecule has 0 atom stereocenters. The molecule has 2 aromatic heterocycles. The van der Waals surface area contributed by atoms with Crippen LogP contribution < -0.4 is 5.73 Å². The lowest BCUT2D eigenvalue weighted by atomic mass is 10.2. The molecule has 0 fully saturated rings. The van der Waals surface area contributed by atoms with Crippen LogP contribution in [0.1, 0.15) is 0 Å².